The van der Waals surface area contributed by atoms with Crippen LogP contribution in [0.2, 0.25) is 0 Å². The monoisotopic (exact) mass is 536 g/mol. The second kappa shape index (κ2) is 12.1. The van der Waals surface area contributed by atoms with Crippen LogP contribution in [0.25, 0.3) is 11.0 Å². The van der Waals surface area contributed by atoms with Gasteiger partial charge in [0.15, 0.2) is 11.5 Å². The molecule has 4 aromatic rings. The Labute approximate surface area is 225 Å². The van der Waals surface area contributed by atoms with Crippen molar-refractivity contribution in [1.29, 1.82) is 0 Å². The van der Waals surface area contributed by atoms with Gasteiger partial charge in [-0.3, -0.25) is 9.36 Å². The van der Waals surface area contributed by atoms with Crippen LogP contribution < -0.4 is 29.6 Å². The van der Waals surface area contributed by atoms with Crippen molar-refractivity contribution in [2.24, 2.45) is 0 Å². The second-order valence-electron chi connectivity index (χ2n) is 8.81. The quantitative estimate of drug-likeness (QED) is 0.212. The standard InChI is InChI=1S/C29H32N2O6S/c1-19-9-11-20(12-10-19)18-31-28-22(8-6-13-30-28)25(32)27(29(31)33)38(5)15-7-14-37-21-16-23(34-2)26(36-4)24(17-21)35-3/h6,8-13,16-17H,7,14-15,18H2,1-5H3. The smallest absolute Gasteiger partial charge is 0.307 e. The number of nitrogens with zero attached hydrogens (tertiary/aromatic N) is 2. The van der Waals surface area contributed by atoms with E-state index in [0.29, 0.717) is 64.3 Å². The summed E-state index contributed by atoms with van der Waals surface area (Å²) in [6.45, 7) is 2.77. The number of hydrogen-bond donors (Lipinski definition) is 0. The van der Waals surface area contributed by atoms with Crippen molar-refractivity contribution in [3.63, 3.8) is 0 Å². The topological polar surface area (TPSA) is 94.9 Å². The van der Waals surface area contributed by atoms with Crippen LogP contribution in [-0.4, -0.2) is 49.5 Å². The molecule has 1 unspecified atom stereocenters. The molecule has 2 heterocycles. The fourth-order valence-corrected chi connectivity index (χ4v) is 5.86. The lowest BCUT2D eigenvalue weighted by Crippen LogP contribution is -2.30. The largest absolute Gasteiger partial charge is 0.868 e. The van der Waals surface area contributed by atoms with Gasteiger partial charge in [-0.25, -0.2) is 4.98 Å². The molecule has 0 fully saturated rings. The average Bonchev–Trinajstić information content (AvgIpc) is 2.93. The minimum Gasteiger partial charge on any atom is -0.868 e. The van der Waals surface area contributed by atoms with Crippen molar-refractivity contribution in [2.45, 2.75) is 24.8 Å². The third-order valence-electron chi connectivity index (χ3n) is 6.24. The maximum atomic E-state index is 13.6. The van der Waals surface area contributed by atoms with Gasteiger partial charge in [-0.05, 0) is 24.3 Å². The molecule has 0 bridgehead atoms. The lowest BCUT2D eigenvalue weighted by atomic mass is 10.1. The van der Waals surface area contributed by atoms with Crippen LogP contribution in [0.1, 0.15) is 17.5 Å². The summed E-state index contributed by atoms with van der Waals surface area (Å²) in [7, 11) is 4.07. The lowest BCUT2D eigenvalue weighted by Gasteiger charge is -2.19. The first-order valence-electron chi connectivity index (χ1n) is 12.2. The van der Waals surface area contributed by atoms with Crippen molar-refractivity contribution < 1.29 is 24.1 Å². The summed E-state index contributed by atoms with van der Waals surface area (Å²) in [5.41, 5.74) is 2.25. The van der Waals surface area contributed by atoms with Crippen LogP contribution in [0.15, 0.2) is 64.4 Å². The van der Waals surface area contributed by atoms with E-state index in [2.05, 4.69) is 4.98 Å². The van der Waals surface area contributed by atoms with Crippen LogP contribution in [-0.2, 0) is 17.4 Å². The van der Waals surface area contributed by atoms with Crippen molar-refractivity contribution >= 4 is 21.9 Å². The molecule has 4 rings (SSSR count). The minimum absolute atomic E-state index is 0.241. The molecule has 8 nitrogen and oxygen atoms in total. The number of hydrogen-bond acceptors (Lipinski definition) is 7. The van der Waals surface area contributed by atoms with Crippen LogP contribution >= 0.6 is 0 Å². The molecule has 9 heteroatoms. The Morgan fingerprint density at radius 2 is 1.68 bits per heavy atom. The third-order valence-corrected chi connectivity index (χ3v) is 8.20. The zero-order valence-corrected chi connectivity index (χ0v) is 23.1. The van der Waals surface area contributed by atoms with E-state index in [9.17, 15) is 9.90 Å². The van der Waals surface area contributed by atoms with Crippen LogP contribution in [0.5, 0.6) is 28.7 Å². The Bertz CT molecular complexity index is 1440. The van der Waals surface area contributed by atoms with Crippen LogP contribution in [0, 0.1) is 6.92 Å². The van der Waals surface area contributed by atoms with E-state index < -0.39 is 10.9 Å². The van der Waals surface area contributed by atoms with Gasteiger partial charge in [-0.1, -0.05) is 35.9 Å². The van der Waals surface area contributed by atoms with E-state index in [0.717, 1.165) is 11.1 Å². The lowest BCUT2D eigenvalue weighted by molar-refractivity contribution is -0.270. The normalized spacial score (nSPS) is 11.8. The molecular weight excluding hydrogens is 504 g/mol. The van der Waals surface area contributed by atoms with Gasteiger partial charge in [-0.2, -0.15) is 0 Å². The molecule has 0 saturated carbocycles. The number of aromatic nitrogens is 2. The van der Waals surface area contributed by atoms with E-state index in [-0.39, 0.29) is 11.3 Å². The SMILES string of the molecule is COc1cc(OCCC[S+](C)c2c([O-])c3cccnc3n(Cc3ccc(C)cc3)c2=O)cc(OC)c1OC. The highest BCUT2D eigenvalue weighted by molar-refractivity contribution is 7.96. The summed E-state index contributed by atoms with van der Waals surface area (Å²) in [5, 5.41) is 13.8. The molecule has 0 spiro atoms. The fourth-order valence-electron chi connectivity index (χ4n) is 4.27. The van der Waals surface area contributed by atoms with E-state index in [4.69, 9.17) is 18.9 Å². The molecule has 0 aliphatic rings. The summed E-state index contributed by atoms with van der Waals surface area (Å²) in [4.78, 5) is 18.3. The van der Waals surface area contributed by atoms with Crippen molar-refractivity contribution in [1.82, 2.24) is 9.55 Å². The number of benzene rings is 2. The van der Waals surface area contributed by atoms with Gasteiger partial charge in [-0.15, -0.1) is 0 Å². The van der Waals surface area contributed by atoms with E-state index >= 15 is 0 Å². The summed E-state index contributed by atoms with van der Waals surface area (Å²) < 4.78 is 23.7. The number of pyridine rings is 2. The van der Waals surface area contributed by atoms with Gasteiger partial charge in [0.25, 0.3) is 0 Å². The zero-order chi connectivity index (χ0) is 27.2. The molecule has 0 aliphatic heterocycles. The number of ether oxygens (including phenoxy) is 4. The van der Waals surface area contributed by atoms with Gasteiger partial charge in [0.1, 0.15) is 23.4 Å². The van der Waals surface area contributed by atoms with Crippen molar-refractivity contribution in [3.05, 3.63) is 76.2 Å². The van der Waals surface area contributed by atoms with E-state index in [1.807, 2.05) is 37.4 Å². The number of rotatable bonds is 11. The molecule has 0 saturated heterocycles. The Kier molecular flexibility index (Phi) is 8.68. The highest BCUT2D eigenvalue weighted by Gasteiger charge is 2.25. The first kappa shape index (κ1) is 27.2. The van der Waals surface area contributed by atoms with Gasteiger partial charge < -0.3 is 24.1 Å². The molecule has 2 aromatic heterocycles. The third kappa shape index (κ3) is 5.67. The highest BCUT2D eigenvalue weighted by atomic mass is 32.2. The van der Waals surface area contributed by atoms with Crippen molar-refractivity contribution in [2.75, 3.05) is 39.9 Å². The molecule has 2 aromatic carbocycles. The molecular formula is C29H32N2O6S. The van der Waals surface area contributed by atoms with E-state index in [1.54, 1.807) is 56.4 Å². The number of aryl methyl sites for hydroxylation is 1. The Morgan fingerprint density at radius 1 is 1.00 bits per heavy atom. The maximum absolute atomic E-state index is 13.6. The maximum Gasteiger partial charge on any atom is 0.307 e. The van der Waals surface area contributed by atoms with Gasteiger partial charge in [0, 0.05) is 41.0 Å². The second-order valence-corrected chi connectivity index (χ2v) is 10.9. The summed E-state index contributed by atoms with van der Waals surface area (Å²) in [6, 6.07) is 15.0. The van der Waals surface area contributed by atoms with Gasteiger partial charge in [0.2, 0.25) is 10.6 Å². The molecule has 0 amide bonds. The van der Waals surface area contributed by atoms with E-state index in [1.165, 1.54) is 0 Å². The summed E-state index contributed by atoms with van der Waals surface area (Å²) in [6.07, 6.45) is 4.20. The molecule has 200 valence electrons. The molecule has 0 aliphatic carbocycles. The average molecular weight is 537 g/mol. The minimum atomic E-state index is -0.582. The first-order valence-corrected chi connectivity index (χ1v) is 14.0. The predicted octanol–water partition coefficient (Wildman–Crippen LogP) is 3.93. The predicted molar refractivity (Wildman–Crippen MR) is 148 cm³/mol. The highest BCUT2D eigenvalue weighted by Crippen LogP contribution is 2.40. The van der Waals surface area contributed by atoms with Gasteiger partial charge in [0.05, 0.1) is 34.5 Å². The summed E-state index contributed by atoms with van der Waals surface area (Å²) in [5.74, 6) is 2.48. The fraction of sp³-hybridized carbons (Fsp3) is 0.310. The Morgan fingerprint density at radius 3 is 2.32 bits per heavy atom. The molecule has 38 heavy (non-hydrogen) atoms. The Balaban J connectivity index is 1.54. The Hall–Kier alpha value is -3.85. The molecule has 1 atom stereocenters. The van der Waals surface area contributed by atoms with Gasteiger partial charge >= 0.3 is 5.56 Å². The van der Waals surface area contributed by atoms with Crippen LogP contribution in [0.4, 0.5) is 0 Å². The number of fused-ring (bicyclic) bond motifs is 1. The first-order chi connectivity index (χ1) is 18.4. The number of methoxy groups -OCH3 is 3. The van der Waals surface area contributed by atoms with Crippen LogP contribution in [0.3, 0.4) is 0 Å². The summed E-state index contributed by atoms with van der Waals surface area (Å²) >= 11 is 0. The molecule has 0 radical (unpaired) electrons. The zero-order valence-electron chi connectivity index (χ0n) is 22.3. The molecule has 0 N–H and O–H groups in total. The van der Waals surface area contributed by atoms with Crippen molar-refractivity contribution in [3.8, 4) is 28.7 Å².